The summed E-state index contributed by atoms with van der Waals surface area (Å²) >= 11 is 0. The number of nitrogens with zero attached hydrogens (tertiary/aromatic N) is 3. The number of amides is 1. The van der Waals surface area contributed by atoms with Crippen LogP contribution in [0.25, 0.3) is 0 Å². The number of hydrogen-bond donors (Lipinski definition) is 1. The molecule has 0 bridgehead atoms. The molecule has 16 heavy (non-hydrogen) atoms. The summed E-state index contributed by atoms with van der Waals surface area (Å²) in [7, 11) is 3.43. The number of nitriles is 1. The zero-order chi connectivity index (χ0) is 12.0. The van der Waals surface area contributed by atoms with Gasteiger partial charge in [0.05, 0.1) is 12.5 Å². The molecule has 1 amide bonds. The predicted molar refractivity (Wildman–Crippen MR) is 61.0 cm³/mol. The molecule has 1 rings (SSSR count). The lowest BCUT2D eigenvalue weighted by atomic mass is 10.2. The molecule has 0 aromatic carbocycles. The number of carbonyl (C=O) groups is 1. The van der Waals surface area contributed by atoms with E-state index in [2.05, 4.69) is 10.3 Å². The Morgan fingerprint density at radius 1 is 1.69 bits per heavy atom. The van der Waals surface area contributed by atoms with E-state index in [1.54, 1.807) is 32.4 Å². The van der Waals surface area contributed by atoms with Gasteiger partial charge in [0.25, 0.3) is 5.91 Å². The third-order valence-corrected chi connectivity index (χ3v) is 2.17. The summed E-state index contributed by atoms with van der Waals surface area (Å²) in [4.78, 5) is 17.4. The maximum atomic E-state index is 11.9. The van der Waals surface area contributed by atoms with E-state index in [-0.39, 0.29) is 5.91 Å². The molecule has 0 spiro atoms. The summed E-state index contributed by atoms with van der Waals surface area (Å²) in [6.07, 6.45) is 1.92. The quantitative estimate of drug-likeness (QED) is 0.821. The van der Waals surface area contributed by atoms with E-state index in [1.807, 2.05) is 6.07 Å². The molecule has 0 fully saturated rings. The first-order valence-electron chi connectivity index (χ1n) is 4.95. The molecule has 0 aliphatic heterocycles. The zero-order valence-electron chi connectivity index (χ0n) is 9.40. The second-order valence-corrected chi connectivity index (χ2v) is 3.31. The Bertz CT molecular complexity index is 411. The van der Waals surface area contributed by atoms with E-state index in [9.17, 15) is 4.79 Å². The fourth-order valence-corrected chi connectivity index (χ4v) is 1.24. The van der Waals surface area contributed by atoms with Gasteiger partial charge in [-0.15, -0.1) is 0 Å². The van der Waals surface area contributed by atoms with Crippen molar-refractivity contribution in [3.63, 3.8) is 0 Å². The summed E-state index contributed by atoms with van der Waals surface area (Å²) in [5, 5.41) is 11.3. The molecule has 0 aliphatic rings. The van der Waals surface area contributed by atoms with Crippen molar-refractivity contribution in [1.29, 1.82) is 5.26 Å². The van der Waals surface area contributed by atoms with E-state index in [1.165, 1.54) is 4.90 Å². The van der Waals surface area contributed by atoms with Gasteiger partial charge in [0.1, 0.15) is 5.82 Å². The van der Waals surface area contributed by atoms with Gasteiger partial charge in [0, 0.05) is 32.4 Å². The van der Waals surface area contributed by atoms with E-state index < -0.39 is 0 Å². The van der Waals surface area contributed by atoms with Crippen LogP contribution in [0, 0.1) is 11.3 Å². The van der Waals surface area contributed by atoms with Crippen LogP contribution in [-0.2, 0) is 0 Å². The third-order valence-electron chi connectivity index (χ3n) is 2.17. The van der Waals surface area contributed by atoms with E-state index in [0.29, 0.717) is 24.3 Å². The molecule has 0 atom stereocenters. The topological polar surface area (TPSA) is 69.0 Å². The van der Waals surface area contributed by atoms with E-state index in [0.717, 1.165) is 0 Å². The molecular formula is C11H14N4O. The lowest BCUT2D eigenvalue weighted by molar-refractivity contribution is 0.0798. The molecule has 5 heteroatoms. The molecule has 1 aromatic rings. The number of pyridine rings is 1. The van der Waals surface area contributed by atoms with Gasteiger partial charge in [-0.25, -0.2) is 4.98 Å². The molecule has 0 saturated heterocycles. The highest BCUT2D eigenvalue weighted by atomic mass is 16.2. The summed E-state index contributed by atoms with van der Waals surface area (Å²) < 4.78 is 0. The predicted octanol–water partition coefficient (Wildman–Crippen LogP) is 1.11. The molecule has 0 aliphatic carbocycles. The van der Waals surface area contributed by atoms with Gasteiger partial charge in [-0.2, -0.15) is 5.26 Å². The normalized spacial score (nSPS) is 9.31. The zero-order valence-corrected chi connectivity index (χ0v) is 9.40. The first kappa shape index (κ1) is 12.0. The summed E-state index contributed by atoms with van der Waals surface area (Å²) in [5.74, 6) is 0.550. The SMILES string of the molecule is CNc1cc(C(=O)N(C)CCC#N)ccn1. The van der Waals surface area contributed by atoms with Crippen molar-refractivity contribution < 1.29 is 4.79 Å². The number of hydrogen-bond acceptors (Lipinski definition) is 4. The van der Waals surface area contributed by atoms with Gasteiger partial charge >= 0.3 is 0 Å². The Labute approximate surface area is 94.7 Å². The van der Waals surface area contributed by atoms with Crippen LogP contribution in [0.1, 0.15) is 16.8 Å². The Morgan fingerprint density at radius 2 is 2.44 bits per heavy atom. The first-order chi connectivity index (χ1) is 7.69. The largest absolute Gasteiger partial charge is 0.373 e. The van der Waals surface area contributed by atoms with E-state index >= 15 is 0 Å². The molecule has 1 heterocycles. The molecule has 1 N–H and O–H groups in total. The van der Waals surface area contributed by atoms with Crippen molar-refractivity contribution >= 4 is 11.7 Å². The minimum absolute atomic E-state index is 0.103. The van der Waals surface area contributed by atoms with Crippen LogP contribution in [0.4, 0.5) is 5.82 Å². The van der Waals surface area contributed by atoms with Crippen LogP contribution in [0.5, 0.6) is 0 Å². The van der Waals surface area contributed by atoms with Gasteiger partial charge in [-0.1, -0.05) is 0 Å². The van der Waals surface area contributed by atoms with Crippen LogP contribution in [-0.4, -0.2) is 36.4 Å². The highest BCUT2D eigenvalue weighted by molar-refractivity contribution is 5.94. The maximum Gasteiger partial charge on any atom is 0.253 e. The fourth-order valence-electron chi connectivity index (χ4n) is 1.24. The van der Waals surface area contributed by atoms with Gasteiger partial charge in [-0.3, -0.25) is 4.79 Å². The maximum absolute atomic E-state index is 11.9. The molecule has 84 valence electrons. The monoisotopic (exact) mass is 218 g/mol. The fraction of sp³-hybridized carbons (Fsp3) is 0.364. The van der Waals surface area contributed by atoms with Crippen LogP contribution in [0.3, 0.4) is 0 Å². The Morgan fingerprint density at radius 3 is 3.06 bits per heavy atom. The molecule has 0 saturated carbocycles. The second-order valence-electron chi connectivity index (χ2n) is 3.31. The van der Waals surface area contributed by atoms with Gasteiger partial charge in [-0.05, 0) is 12.1 Å². The number of rotatable bonds is 4. The summed E-state index contributed by atoms with van der Waals surface area (Å²) in [6.45, 7) is 0.437. The summed E-state index contributed by atoms with van der Waals surface area (Å²) in [5.41, 5.74) is 0.569. The number of nitrogens with one attached hydrogen (secondary N) is 1. The first-order valence-corrected chi connectivity index (χ1v) is 4.95. The molecular weight excluding hydrogens is 204 g/mol. The second kappa shape index (κ2) is 5.71. The highest BCUT2D eigenvalue weighted by Gasteiger charge is 2.11. The average Bonchev–Trinajstić information content (AvgIpc) is 2.35. The van der Waals surface area contributed by atoms with Crippen LogP contribution in [0.15, 0.2) is 18.3 Å². The van der Waals surface area contributed by atoms with Crippen LogP contribution in [0.2, 0.25) is 0 Å². The van der Waals surface area contributed by atoms with Crippen molar-refractivity contribution in [3.8, 4) is 6.07 Å². The molecule has 0 radical (unpaired) electrons. The lowest BCUT2D eigenvalue weighted by Crippen LogP contribution is -2.27. The smallest absolute Gasteiger partial charge is 0.253 e. The summed E-state index contributed by atoms with van der Waals surface area (Å²) in [6, 6.07) is 5.35. The lowest BCUT2D eigenvalue weighted by Gasteiger charge is -2.15. The standard InChI is InChI=1S/C11H14N4O/c1-13-10-8-9(4-6-14-10)11(16)15(2)7-3-5-12/h4,6,8H,3,7H2,1-2H3,(H,13,14). The molecule has 0 unspecified atom stereocenters. The third kappa shape index (κ3) is 2.95. The number of carbonyl (C=O) groups excluding carboxylic acids is 1. The Hall–Kier alpha value is -2.09. The minimum atomic E-state index is -0.103. The minimum Gasteiger partial charge on any atom is -0.373 e. The molecule has 1 aromatic heterocycles. The Kier molecular flexibility index (Phi) is 4.28. The molecule has 5 nitrogen and oxygen atoms in total. The van der Waals surface area contributed by atoms with Gasteiger partial charge in [0.15, 0.2) is 0 Å². The number of anilines is 1. The van der Waals surface area contributed by atoms with Crippen molar-refractivity contribution in [3.05, 3.63) is 23.9 Å². The van der Waals surface area contributed by atoms with Crippen molar-refractivity contribution in [2.45, 2.75) is 6.42 Å². The van der Waals surface area contributed by atoms with Crippen LogP contribution < -0.4 is 5.32 Å². The Balaban J connectivity index is 2.76. The van der Waals surface area contributed by atoms with Crippen molar-refractivity contribution in [1.82, 2.24) is 9.88 Å². The van der Waals surface area contributed by atoms with Gasteiger partial charge in [0.2, 0.25) is 0 Å². The van der Waals surface area contributed by atoms with Crippen molar-refractivity contribution in [2.24, 2.45) is 0 Å². The van der Waals surface area contributed by atoms with E-state index in [4.69, 9.17) is 5.26 Å². The van der Waals surface area contributed by atoms with Crippen LogP contribution >= 0.6 is 0 Å². The van der Waals surface area contributed by atoms with Crippen molar-refractivity contribution in [2.75, 3.05) is 26.0 Å². The highest BCUT2D eigenvalue weighted by Crippen LogP contribution is 2.08. The average molecular weight is 218 g/mol. The van der Waals surface area contributed by atoms with Gasteiger partial charge < -0.3 is 10.2 Å². The number of aromatic nitrogens is 1.